The SMILES string of the molecule is COc1cccc(N2Cc3nn(Cc4cccc(Cl)c4)c(=O)n3C2=O)c1. The van der Waals surface area contributed by atoms with Crippen molar-refractivity contribution in [2.45, 2.75) is 13.1 Å². The summed E-state index contributed by atoms with van der Waals surface area (Å²) in [6, 6.07) is 13.9. The van der Waals surface area contributed by atoms with E-state index in [-0.39, 0.29) is 13.1 Å². The molecule has 1 aromatic heterocycles. The van der Waals surface area contributed by atoms with Gasteiger partial charge < -0.3 is 4.74 Å². The third-order valence-corrected chi connectivity index (χ3v) is 4.45. The number of aromatic nitrogens is 3. The first-order valence-electron chi connectivity index (χ1n) is 7.96. The average molecular weight is 371 g/mol. The first kappa shape index (κ1) is 16.4. The minimum absolute atomic E-state index is 0.226. The van der Waals surface area contributed by atoms with Gasteiger partial charge >= 0.3 is 11.7 Å². The molecular weight excluding hydrogens is 356 g/mol. The van der Waals surface area contributed by atoms with E-state index in [9.17, 15) is 9.59 Å². The lowest BCUT2D eigenvalue weighted by Crippen LogP contribution is -2.35. The van der Waals surface area contributed by atoms with E-state index >= 15 is 0 Å². The van der Waals surface area contributed by atoms with Crippen LogP contribution in [-0.2, 0) is 13.1 Å². The molecule has 8 heteroatoms. The van der Waals surface area contributed by atoms with Crippen LogP contribution in [-0.4, -0.2) is 27.5 Å². The topological polar surface area (TPSA) is 69.4 Å². The molecule has 0 bridgehead atoms. The fourth-order valence-electron chi connectivity index (χ4n) is 2.97. The van der Waals surface area contributed by atoms with Crippen LogP contribution in [0.1, 0.15) is 11.4 Å². The maximum absolute atomic E-state index is 12.7. The predicted molar refractivity (Wildman–Crippen MR) is 97.0 cm³/mol. The van der Waals surface area contributed by atoms with Crippen molar-refractivity contribution in [1.29, 1.82) is 0 Å². The first-order valence-corrected chi connectivity index (χ1v) is 8.34. The molecule has 0 spiro atoms. The number of fused-ring (bicyclic) bond motifs is 1. The summed E-state index contributed by atoms with van der Waals surface area (Å²) in [5.74, 6) is 1.04. The maximum atomic E-state index is 12.7. The van der Waals surface area contributed by atoms with Crippen LogP contribution in [0.15, 0.2) is 53.3 Å². The molecule has 0 unspecified atom stereocenters. The van der Waals surface area contributed by atoms with Gasteiger partial charge in [0.2, 0.25) is 0 Å². The van der Waals surface area contributed by atoms with Crippen molar-refractivity contribution in [3.8, 4) is 5.75 Å². The van der Waals surface area contributed by atoms with Crippen LogP contribution < -0.4 is 15.3 Å². The Labute approximate surface area is 154 Å². The zero-order valence-electron chi connectivity index (χ0n) is 13.9. The lowest BCUT2D eigenvalue weighted by atomic mass is 10.2. The van der Waals surface area contributed by atoms with E-state index in [2.05, 4.69) is 5.10 Å². The van der Waals surface area contributed by atoms with Gasteiger partial charge in [0.05, 0.1) is 20.2 Å². The van der Waals surface area contributed by atoms with Crippen LogP contribution in [0.5, 0.6) is 5.75 Å². The average Bonchev–Trinajstić information content (AvgIpc) is 3.12. The lowest BCUT2D eigenvalue weighted by Gasteiger charge is -2.15. The summed E-state index contributed by atoms with van der Waals surface area (Å²) < 4.78 is 7.57. The van der Waals surface area contributed by atoms with Crippen molar-refractivity contribution in [2.24, 2.45) is 0 Å². The van der Waals surface area contributed by atoms with E-state index in [1.165, 1.54) is 9.58 Å². The molecule has 0 radical (unpaired) electrons. The molecule has 1 amide bonds. The number of nitrogens with zero attached hydrogens (tertiary/aromatic N) is 4. The lowest BCUT2D eigenvalue weighted by molar-refractivity contribution is 0.250. The number of rotatable bonds is 4. The van der Waals surface area contributed by atoms with Crippen molar-refractivity contribution in [3.05, 3.63) is 75.4 Å². The minimum atomic E-state index is -0.463. The predicted octanol–water partition coefficient (Wildman–Crippen LogP) is 2.74. The molecule has 1 aliphatic rings. The Balaban J connectivity index is 1.63. The smallest absolute Gasteiger partial charge is 0.354 e. The second kappa shape index (κ2) is 6.34. The first-order chi connectivity index (χ1) is 12.6. The molecule has 132 valence electrons. The maximum Gasteiger partial charge on any atom is 0.354 e. The number of anilines is 1. The Morgan fingerprint density at radius 1 is 1.15 bits per heavy atom. The number of carbonyl (C=O) groups is 1. The molecule has 4 rings (SSSR count). The fraction of sp³-hybridized carbons (Fsp3) is 0.167. The number of carbonyl (C=O) groups excluding carboxylic acids is 1. The summed E-state index contributed by atoms with van der Waals surface area (Å²) in [6.07, 6.45) is 0. The quantitative estimate of drug-likeness (QED) is 0.708. The summed E-state index contributed by atoms with van der Waals surface area (Å²) in [7, 11) is 1.56. The number of ether oxygens (including phenoxy) is 1. The molecule has 0 N–H and O–H groups in total. The Bertz CT molecular complexity index is 1060. The van der Waals surface area contributed by atoms with Gasteiger partial charge in [-0.2, -0.15) is 9.67 Å². The minimum Gasteiger partial charge on any atom is -0.497 e. The number of methoxy groups -OCH3 is 1. The largest absolute Gasteiger partial charge is 0.497 e. The van der Waals surface area contributed by atoms with Crippen LogP contribution in [0.3, 0.4) is 0 Å². The van der Waals surface area contributed by atoms with Gasteiger partial charge in [-0.15, -0.1) is 0 Å². The molecule has 0 aliphatic carbocycles. The summed E-state index contributed by atoms with van der Waals surface area (Å²) in [5, 5.41) is 4.90. The molecule has 7 nitrogen and oxygen atoms in total. The molecule has 0 fully saturated rings. The second-order valence-corrected chi connectivity index (χ2v) is 6.33. The van der Waals surface area contributed by atoms with Crippen molar-refractivity contribution in [2.75, 3.05) is 12.0 Å². The number of hydrogen-bond donors (Lipinski definition) is 0. The summed E-state index contributed by atoms with van der Waals surface area (Å²) in [5.41, 5.74) is 1.03. The van der Waals surface area contributed by atoms with Gasteiger partial charge in [-0.1, -0.05) is 29.8 Å². The zero-order valence-corrected chi connectivity index (χ0v) is 14.7. The Morgan fingerprint density at radius 2 is 1.96 bits per heavy atom. The fourth-order valence-corrected chi connectivity index (χ4v) is 3.18. The number of hydrogen-bond acceptors (Lipinski definition) is 4. The highest BCUT2D eigenvalue weighted by atomic mass is 35.5. The van der Waals surface area contributed by atoms with Gasteiger partial charge in [0.15, 0.2) is 5.82 Å². The van der Waals surface area contributed by atoms with Crippen LogP contribution in [0, 0.1) is 0 Å². The van der Waals surface area contributed by atoms with E-state index in [1.807, 2.05) is 12.1 Å². The molecular formula is C18H15ClN4O3. The molecule has 26 heavy (non-hydrogen) atoms. The molecule has 0 atom stereocenters. The van der Waals surface area contributed by atoms with Crippen molar-refractivity contribution >= 4 is 23.3 Å². The molecule has 0 saturated heterocycles. The highest BCUT2D eigenvalue weighted by molar-refractivity contribution is 6.30. The highest BCUT2D eigenvalue weighted by Gasteiger charge is 2.33. The third kappa shape index (κ3) is 2.76. The van der Waals surface area contributed by atoms with E-state index < -0.39 is 11.7 Å². The van der Waals surface area contributed by atoms with E-state index in [0.29, 0.717) is 22.3 Å². The third-order valence-electron chi connectivity index (χ3n) is 4.21. The molecule has 0 saturated carbocycles. The molecule has 1 aliphatic heterocycles. The Hall–Kier alpha value is -3.06. The van der Waals surface area contributed by atoms with E-state index in [1.54, 1.807) is 43.5 Å². The standard InChI is InChI=1S/C18H15ClN4O3/c1-26-15-7-3-6-14(9-15)21-11-16-20-22(18(25)23(16)17(21)24)10-12-4-2-5-13(19)8-12/h2-9H,10-11H2,1H3. The van der Waals surface area contributed by atoms with Gasteiger partial charge in [-0.05, 0) is 29.8 Å². The number of halogens is 1. The summed E-state index contributed by atoms with van der Waals surface area (Å²) in [4.78, 5) is 26.8. The highest BCUT2D eigenvalue weighted by Crippen LogP contribution is 2.26. The van der Waals surface area contributed by atoms with Crippen molar-refractivity contribution in [3.63, 3.8) is 0 Å². The number of benzene rings is 2. The van der Waals surface area contributed by atoms with Crippen LogP contribution in [0.4, 0.5) is 10.5 Å². The van der Waals surface area contributed by atoms with Crippen molar-refractivity contribution in [1.82, 2.24) is 14.3 Å². The van der Waals surface area contributed by atoms with Crippen molar-refractivity contribution < 1.29 is 9.53 Å². The molecule has 3 aromatic rings. The Morgan fingerprint density at radius 3 is 2.69 bits per heavy atom. The number of amides is 1. The summed E-state index contributed by atoms with van der Waals surface area (Å²) >= 11 is 5.98. The van der Waals surface area contributed by atoms with Crippen LogP contribution in [0.2, 0.25) is 5.02 Å². The second-order valence-electron chi connectivity index (χ2n) is 5.89. The van der Waals surface area contributed by atoms with Gasteiger partial charge in [-0.3, -0.25) is 4.90 Å². The van der Waals surface area contributed by atoms with Crippen LogP contribution >= 0.6 is 11.6 Å². The Kier molecular flexibility index (Phi) is 4.00. The van der Waals surface area contributed by atoms with Gasteiger partial charge in [0, 0.05) is 16.8 Å². The molecule has 2 aromatic carbocycles. The van der Waals surface area contributed by atoms with E-state index in [4.69, 9.17) is 16.3 Å². The zero-order chi connectivity index (χ0) is 18.3. The monoisotopic (exact) mass is 370 g/mol. The van der Waals surface area contributed by atoms with Gasteiger partial charge in [-0.25, -0.2) is 14.3 Å². The summed E-state index contributed by atoms with van der Waals surface area (Å²) in [6.45, 7) is 0.482. The van der Waals surface area contributed by atoms with E-state index in [0.717, 1.165) is 10.1 Å². The normalized spacial score (nSPS) is 13.2. The van der Waals surface area contributed by atoms with Gasteiger partial charge in [0.1, 0.15) is 5.75 Å². The molecule has 2 heterocycles. The van der Waals surface area contributed by atoms with Crippen LogP contribution in [0.25, 0.3) is 0 Å². The van der Waals surface area contributed by atoms with Gasteiger partial charge in [0.25, 0.3) is 0 Å².